The van der Waals surface area contributed by atoms with Gasteiger partial charge in [0.15, 0.2) is 0 Å². The van der Waals surface area contributed by atoms with Crippen molar-refractivity contribution in [3.63, 3.8) is 0 Å². The maximum atomic E-state index is 3.43. The molecular weight excluding hydrogens is 100 g/mol. The van der Waals surface area contributed by atoms with Crippen LogP contribution >= 0.6 is 0 Å². The Morgan fingerprint density at radius 1 is 1.43 bits per heavy atom. The predicted octanol–water partition coefficient (Wildman–Crippen LogP) is 1.86. The highest BCUT2D eigenvalue weighted by molar-refractivity contribution is 6.21. The van der Waals surface area contributed by atoms with E-state index in [0.29, 0.717) is 0 Å². The van der Waals surface area contributed by atoms with Gasteiger partial charge < -0.3 is 0 Å². The van der Waals surface area contributed by atoms with Crippen LogP contribution in [-0.4, -0.2) is 10.2 Å². The van der Waals surface area contributed by atoms with Gasteiger partial charge in [-0.1, -0.05) is 17.7 Å². The molecule has 0 N–H and O–H groups in total. The highest BCUT2D eigenvalue weighted by Gasteiger charge is 1.83. The van der Waals surface area contributed by atoms with Gasteiger partial charge in [-0.25, -0.2) is 0 Å². The van der Waals surface area contributed by atoms with Crippen LogP contribution in [0.15, 0.2) is 10.8 Å². The van der Waals surface area contributed by atoms with Crippen molar-refractivity contribution >= 4 is 10.2 Å². The molecule has 0 aliphatic heterocycles. The van der Waals surface area contributed by atoms with E-state index in [9.17, 15) is 0 Å². The van der Waals surface area contributed by atoms with Crippen molar-refractivity contribution in [2.45, 2.75) is 27.2 Å². The summed E-state index contributed by atoms with van der Waals surface area (Å²) >= 11 is 0. The summed E-state index contributed by atoms with van der Waals surface area (Å²) in [5.74, 6) is 0. The minimum atomic E-state index is 1.15. The molecule has 0 aromatic rings. The Morgan fingerprint density at radius 3 is 1.86 bits per heavy atom. The lowest BCUT2D eigenvalue weighted by Crippen LogP contribution is -1.78. The molecule has 0 saturated heterocycles. The summed E-state index contributed by atoms with van der Waals surface area (Å²) in [6, 6.07) is 0. The zero-order valence-electron chi connectivity index (χ0n) is 5.21. The van der Waals surface area contributed by atoms with E-state index in [-0.39, 0.29) is 0 Å². The van der Waals surface area contributed by atoms with Crippen molar-refractivity contribution in [2.24, 2.45) is 0 Å². The SMILES string of the molecule is CCC(C)=C(C)[Si]. The molecule has 0 heterocycles. The van der Waals surface area contributed by atoms with Crippen LogP contribution in [0.4, 0.5) is 0 Å². The lowest BCUT2D eigenvalue weighted by Gasteiger charge is -1.94. The average Bonchev–Trinajstić information content (AvgIpc) is 1.65. The van der Waals surface area contributed by atoms with Crippen LogP contribution in [0, 0.1) is 0 Å². The second kappa shape index (κ2) is 3.02. The number of allylic oxidation sites excluding steroid dienone is 2. The summed E-state index contributed by atoms with van der Waals surface area (Å²) in [6.07, 6.45) is 1.15. The van der Waals surface area contributed by atoms with Crippen LogP contribution in [0.5, 0.6) is 0 Å². The van der Waals surface area contributed by atoms with E-state index >= 15 is 0 Å². The third kappa shape index (κ3) is 2.63. The van der Waals surface area contributed by atoms with E-state index in [0.717, 1.165) is 6.42 Å². The molecule has 0 spiro atoms. The second-order valence-electron chi connectivity index (χ2n) is 1.76. The smallest absolute Gasteiger partial charge is 0.0645 e. The van der Waals surface area contributed by atoms with Crippen LogP contribution in [0.2, 0.25) is 0 Å². The Hall–Kier alpha value is -0.0431. The summed E-state index contributed by atoms with van der Waals surface area (Å²) < 4.78 is 0. The second-order valence-corrected chi connectivity index (χ2v) is 2.51. The van der Waals surface area contributed by atoms with Gasteiger partial charge in [0.05, 0.1) is 10.2 Å². The predicted molar refractivity (Wildman–Crippen MR) is 34.4 cm³/mol. The van der Waals surface area contributed by atoms with Crippen LogP contribution in [0.25, 0.3) is 0 Å². The molecule has 0 aliphatic rings. The van der Waals surface area contributed by atoms with Crippen LogP contribution < -0.4 is 0 Å². The summed E-state index contributed by atoms with van der Waals surface area (Å²) in [5, 5.41) is 1.27. The first-order valence-electron chi connectivity index (χ1n) is 2.56. The fourth-order valence-corrected chi connectivity index (χ4v) is 0.442. The molecule has 0 atom stereocenters. The number of hydrogen-bond acceptors (Lipinski definition) is 0. The lowest BCUT2D eigenvalue weighted by molar-refractivity contribution is 1.08. The van der Waals surface area contributed by atoms with Crippen molar-refractivity contribution in [3.8, 4) is 0 Å². The third-order valence-corrected chi connectivity index (χ3v) is 1.60. The largest absolute Gasteiger partial charge is 0.0925 e. The minimum absolute atomic E-state index is 1.15. The minimum Gasteiger partial charge on any atom is -0.0925 e. The fourth-order valence-electron chi connectivity index (χ4n) is 0.265. The van der Waals surface area contributed by atoms with Gasteiger partial charge in [0, 0.05) is 0 Å². The molecule has 39 valence electrons. The molecule has 0 saturated carbocycles. The molecule has 0 aromatic heterocycles. The maximum Gasteiger partial charge on any atom is 0.0645 e. The summed E-state index contributed by atoms with van der Waals surface area (Å²) in [6.45, 7) is 6.34. The molecule has 0 aliphatic carbocycles. The fraction of sp³-hybridized carbons (Fsp3) is 0.667. The highest BCUT2D eigenvalue weighted by atomic mass is 28.1. The molecule has 0 amide bonds. The standard InChI is InChI=1S/C6H11Si/c1-4-5(2)6(3)7/h4H2,1-3H3. The molecule has 0 fully saturated rings. The number of rotatable bonds is 1. The molecule has 1 heteroatoms. The molecule has 0 bridgehead atoms. The Labute approximate surface area is 49.0 Å². The Bertz CT molecular complexity index is 78.2. The monoisotopic (exact) mass is 111 g/mol. The van der Waals surface area contributed by atoms with Crippen LogP contribution in [-0.2, 0) is 0 Å². The van der Waals surface area contributed by atoms with Crippen molar-refractivity contribution < 1.29 is 0 Å². The molecule has 0 nitrogen and oxygen atoms in total. The van der Waals surface area contributed by atoms with Crippen LogP contribution in [0.3, 0.4) is 0 Å². The van der Waals surface area contributed by atoms with E-state index in [1.165, 1.54) is 10.8 Å². The Balaban J connectivity index is 3.72. The van der Waals surface area contributed by atoms with Crippen molar-refractivity contribution in [3.05, 3.63) is 10.8 Å². The molecule has 3 radical (unpaired) electrons. The topological polar surface area (TPSA) is 0 Å². The quantitative estimate of drug-likeness (QED) is 0.453. The van der Waals surface area contributed by atoms with E-state index in [1.807, 2.05) is 0 Å². The molecule has 0 rings (SSSR count). The van der Waals surface area contributed by atoms with E-state index in [4.69, 9.17) is 0 Å². The average molecular weight is 111 g/mol. The van der Waals surface area contributed by atoms with E-state index < -0.39 is 0 Å². The van der Waals surface area contributed by atoms with Gasteiger partial charge in [0.1, 0.15) is 0 Å². The maximum absolute atomic E-state index is 3.43. The molecule has 7 heavy (non-hydrogen) atoms. The number of hydrogen-bond donors (Lipinski definition) is 0. The summed E-state index contributed by atoms with van der Waals surface area (Å²) in [4.78, 5) is 0. The molecule has 0 aromatic carbocycles. The summed E-state index contributed by atoms with van der Waals surface area (Å²) in [5.41, 5.74) is 1.43. The van der Waals surface area contributed by atoms with Gasteiger partial charge in [0.2, 0.25) is 0 Å². The van der Waals surface area contributed by atoms with Crippen LogP contribution in [0.1, 0.15) is 27.2 Å². The first kappa shape index (κ1) is 6.96. The van der Waals surface area contributed by atoms with Crippen molar-refractivity contribution in [2.75, 3.05) is 0 Å². The molecule has 0 unspecified atom stereocenters. The van der Waals surface area contributed by atoms with Gasteiger partial charge in [-0.15, -0.1) is 0 Å². The Kier molecular flexibility index (Phi) is 3.01. The zero-order valence-corrected chi connectivity index (χ0v) is 6.21. The van der Waals surface area contributed by atoms with Gasteiger partial charge in [-0.3, -0.25) is 0 Å². The van der Waals surface area contributed by atoms with E-state index in [2.05, 4.69) is 31.0 Å². The van der Waals surface area contributed by atoms with Crippen molar-refractivity contribution in [1.29, 1.82) is 0 Å². The highest BCUT2D eigenvalue weighted by Crippen LogP contribution is 2.01. The third-order valence-electron chi connectivity index (χ3n) is 1.17. The van der Waals surface area contributed by atoms with Gasteiger partial charge in [-0.2, -0.15) is 0 Å². The van der Waals surface area contributed by atoms with Crippen molar-refractivity contribution in [1.82, 2.24) is 0 Å². The zero-order chi connectivity index (χ0) is 5.86. The van der Waals surface area contributed by atoms with E-state index in [1.54, 1.807) is 0 Å². The van der Waals surface area contributed by atoms with Gasteiger partial charge >= 0.3 is 0 Å². The first-order chi connectivity index (χ1) is 3.18. The normalized spacial score (nSPS) is 13.7. The summed E-state index contributed by atoms with van der Waals surface area (Å²) in [7, 11) is 3.43. The van der Waals surface area contributed by atoms with Gasteiger partial charge in [-0.05, 0) is 20.3 Å². The molecular formula is C6H11Si. The lowest BCUT2D eigenvalue weighted by atomic mass is 10.2. The first-order valence-corrected chi connectivity index (χ1v) is 3.06. The Morgan fingerprint density at radius 2 is 1.86 bits per heavy atom. The van der Waals surface area contributed by atoms with Gasteiger partial charge in [0.25, 0.3) is 0 Å².